The Kier molecular flexibility index (Phi) is 5.02. The largest absolute Gasteiger partial charge is 0.393 e. The van der Waals surface area contributed by atoms with Gasteiger partial charge in [0.15, 0.2) is 0 Å². The van der Waals surface area contributed by atoms with Crippen molar-refractivity contribution in [1.29, 1.82) is 0 Å². The highest BCUT2D eigenvalue weighted by atomic mass is 16.5. The van der Waals surface area contributed by atoms with E-state index in [4.69, 9.17) is 4.74 Å². The van der Waals surface area contributed by atoms with Crippen molar-refractivity contribution >= 4 is 5.91 Å². The van der Waals surface area contributed by atoms with Gasteiger partial charge in [0, 0.05) is 13.2 Å². The smallest absolute Gasteiger partial charge is 0.228 e. The molecule has 4 heteroatoms. The Balaban J connectivity index is 1.67. The molecule has 2 aliphatic rings. The number of carbonyl (C=O) groups excluding carboxylic acids is 1. The van der Waals surface area contributed by atoms with Crippen LogP contribution in [0.1, 0.15) is 37.7 Å². The second-order valence-corrected chi connectivity index (χ2v) is 7.22. The highest BCUT2D eigenvalue weighted by Crippen LogP contribution is 2.42. The lowest BCUT2D eigenvalue weighted by Crippen LogP contribution is -2.55. The van der Waals surface area contributed by atoms with Crippen molar-refractivity contribution in [2.24, 2.45) is 11.3 Å². The fraction of sp³-hybridized carbons (Fsp3) is 0.632. The molecule has 2 fully saturated rings. The van der Waals surface area contributed by atoms with Crippen molar-refractivity contribution in [3.63, 3.8) is 0 Å². The van der Waals surface area contributed by atoms with Crippen LogP contribution in [0.4, 0.5) is 0 Å². The van der Waals surface area contributed by atoms with Crippen LogP contribution in [-0.2, 0) is 16.0 Å². The van der Waals surface area contributed by atoms with Crippen LogP contribution in [0.3, 0.4) is 0 Å². The molecule has 0 aliphatic heterocycles. The minimum atomic E-state index is -0.327. The predicted molar refractivity (Wildman–Crippen MR) is 89.0 cm³/mol. The number of aliphatic hydroxyl groups excluding tert-OH is 1. The zero-order chi connectivity index (χ0) is 16.3. The Morgan fingerprint density at radius 2 is 2.04 bits per heavy atom. The van der Waals surface area contributed by atoms with E-state index in [2.05, 4.69) is 17.4 Å². The summed E-state index contributed by atoms with van der Waals surface area (Å²) in [5.41, 5.74) is 0.903. The molecule has 4 nitrogen and oxygen atoms in total. The summed E-state index contributed by atoms with van der Waals surface area (Å²) >= 11 is 0. The number of ether oxygens (including phenoxy) is 1. The molecule has 2 N–H and O–H groups in total. The Morgan fingerprint density at radius 3 is 2.57 bits per heavy atom. The molecule has 2 saturated carbocycles. The summed E-state index contributed by atoms with van der Waals surface area (Å²) in [6.07, 6.45) is 5.13. The van der Waals surface area contributed by atoms with E-state index in [1.807, 2.05) is 18.2 Å². The molecule has 0 radical (unpaired) electrons. The molecular weight excluding hydrogens is 290 g/mol. The lowest BCUT2D eigenvalue weighted by atomic mass is 9.68. The van der Waals surface area contributed by atoms with Crippen LogP contribution in [0.25, 0.3) is 0 Å². The molecule has 1 aromatic carbocycles. The van der Waals surface area contributed by atoms with Crippen molar-refractivity contribution in [3.05, 3.63) is 35.9 Å². The van der Waals surface area contributed by atoms with Gasteiger partial charge in [0.25, 0.3) is 0 Å². The summed E-state index contributed by atoms with van der Waals surface area (Å²) in [6, 6.07) is 10.4. The van der Waals surface area contributed by atoms with Gasteiger partial charge >= 0.3 is 0 Å². The number of aliphatic hydroxyl groups is 1. The molecule has 2 aliphatic carbocycles. The Morgan fingerprint density at radius 1 is 1.35 bits per heavy atom. The number of carbonyl (C=O) groups is 1. The normalized spacial score (nSPS) is 26.7. The monoisotopic (exact) mass is 317 g/mol. The molecule has 23 heavy (non-hydrogen) atoms. The van der Waals surface area contributed by atoms with Gasteiger partial charge in [-0.3, -0.25) is 4.79 Å². The van der Waals surface area contributed by atoms with Crippen molar-refractivity contribution in [1.82, 2.24) is 5.32 Å². The third kappa shape index (κ3) is 3.59. The fourth-order valence-electron chi connectivity index (χ4n) is 3.80. The molecule has 0 spiro atoms. The number of amides is 1. The first kappa shape index (κ1) is 16.5. The van der Waals surface area contributed by atoms with Gasteiger partial charge in [0.1, 0.15) is 0 Å². The molecule has 126 valence electrons. The summed E-state index contributed by atoms with van der Waals surface area (Å²) in [7, 11) is 1.66. The quantitative estimate of drug-likeness (QED) is 0.811. The maximum Gasteiger partial charge on any atom is 0.228 e. The highest BCUT2D eigenvalue weighted by Gasteiger charge is 2.46. The second-order valence-electron chi connectivity index (χ2n) is 7.22. The Labute approximate surface area is 138 Å². The predicted octanol–water partition coefficient (Wildman–Crippen LogP) is 2.30. The Hall–Kier alpha value is -1.39. The molecule has 0 saturated heterocycles. The van der Waals surface area contributed by atoms with Crippen LogP contribution in [0.5, 0.6) is 0 Å². The van der Waals surface area contributed by atoms with Gasteiger partial charge in [-0.2, -0.15) is 0 Å². The molecule has 3 rings (SSSR count). The molecule has 0 unspecified atom stereocenters. The fourth-order valence-corrected chi connectivity index (χ4v) is 3.80. The molecule has 0 heterocycles. The first-order valence-electron chi connectivity index (χ1n) is 8.65. The van der Waals surface area contributed by atoms with Crippen LogP contribution < -0.4 is 5.32 Å². The number of hydrogen-bond donors (Lipinski definition) is 2. The van der Waals surface area contributed by atoms with Gasteiger partial charge < -0.3 is 15.2 Å². The van der Waals surface area contributed by atoms with Crippen LogP contribution in [0.2, 0.25) is 0 Å². The van der Waals surface area contributed by atoms with Crippen molar-refractivity contribution < 1.29 is 14.6 Å². The summed E-state index contributed by atoms with van der Waals surface area (Å²) in [6.45, 7) is 0.504. The second kappa shape index (κ2) is 7.02. The van der Waals surface area contributed by atoms with E-state index in [9.17, 15) is 9.90 Å². The van der Waals surface area contributed by atoms with Crippen LogP contribution >= 0.6 is 0 Å². The lowest BCUT2D eigenvalue weighted by molar-refractivity contribution is -0.142. The number of methoxy groups -OCH3 is 1. The molecule has 1 amide bonds. The van der Waals surface area contributed by atoms with Gasteiger partial charge in [-0.1, -0.05) is 36.8 Å². The summed E-state index contributed by atoms with van der Waals surface area (Å²) in [5, 5.41) is 12.9. The molecule has 0 bridgehead atoms. The first-order chi connectivity index (χ1) is 11.1. The topological polar surface area (TPSA) is 58.6 Å². The number of rotatable bonds is 7. The maximum absolute atomic E-state index is 12.8. The third-order valence-corrected chi connectivity index (χ3v) is 5.55. The summed E-state index contributed by atoms with van der Waals surface area (Å²) in [4.78, 5) is 12.8. The number of benzene rings is 1. The zero-order valence-corrected chi connectivity index (χ0v) is 13.8. The minimum Gasteiger partial charge on any atom is -0.393 e. The van der Waals surface area contributed by atoms with Gasteiger partial charge in [-0.05, 0) is 43.6 Å². The van der Waals surface area contributed by atoms with E-state index in [0.717, 1.165) is 38.5 Å². The van der Waals surface area contributed by atoms with Crippen LogP contribution in [-0.4, -0.2) is 36.9 Å². The number of hydrogen-bond acceptors (Lipinski definition) is 3. The van der Waals surface area contributed by atoms with Crippen LogP contribution in [0, 0.1) is 11.3 Å². The van der Waals surface area contributed by atoms with Crippen molar-refractivity contribution in [2.45, 2.75) is 50.7 Å². The summed E-state index contributed by atoms with van der Waals surface area (Å²) < 4.78 is 5.29. The maximum atomic E-state index is 12.8. The van der Waals surface area contributed by atoms with Gasteiger partial charge in [-0.15, -0.1) is 0 Å². The summed E-state index contributed by atoms with van der Waals surface area (Å²) in [5.74, 6) is 0.502. The molecule has 0 aromatic heterocycles. The van der Waals surface area contributed by atoms with E-state index in [1.165, 1.54) is 5.56 Å². The highest BCUT2D eigenvalue weighted by molar-refractivity contribution is 5.84. The van der Waals surface area contributed by atoms with E-state index in [0.29, 0.717) is 12.5 Å². The minimum absolute atomic E-state index is 0.0997. The molecule has 1 atom stereocenters. The van der Waals surface area contributed by atoms with E-state index in [1.54, 1.807) is 7.11 Å². The van der Waals surface area contributed by atoms with Crippen LogP contribution in [0.15, 0.2) is 30.3 Å². The van der Waals surface area contributed by atoms with E-state index < -0.39 is 0 Å². The van der Waals surface area contributed by atoms with Crippen molar-refractivity contribution in [3.8, 4) is 0 Å². The molecular formula is C19H27NO3. The van der Waals surface area contributed by atoms with E-state index in [-0.39, 0.29) is 23.5 Å². The third-order valence-electron chi connectivity index (χ3n) is 5.55. The van der Waals surface area contributed by atoms with Gasteiger partial charge in [0.2, 0.25) is 5.91 Å². The average molecular weight is 317 g/mol. The number of nitrogens with one attached hydrogen (secondary N) is 1. The molecule has 1 aromatic rings. The Bertz CT molecular complexity index is 521. The van der Waals surface area contributed by atoms with Crippen molar-refractivity contribution in [2.75, 3.05) is 13.7 Å². The van der Waals surface area contributed by atoms with E-state index >= 15 is 0 Å². The first-order valence-corrected chi connectivity index (χ1v) is 8.65. The SMILES string of the molecule is COCC1(C(=O)N[C@H](Cc2ccccc2)C2CC(O)C2)CCC1. The van der Waals surface area contributed by atoms with Gasteiger partial charge in [0.05, 0.1) is 18.1 Å². The standard InChI is InChI=1S/C19H27NO3/c1-23-13-19(8-5-9-19)18(22)20-17(15-11-16(21)12-15)10-14-6-3-2-4-7-14/h2-4,6-7,15-17,21H,5,8-13H2,1H3,(H,20,22)/t15?,16?,17-/m1/s1. The van der Waals surface area contributed by atoms with Gasteiger partial charge in [-0.25, -0.2) is 0 Å². The lowest BCUT2D eigenvalue weighted by Gasteiger charge is -2.43. The average Bonchev–Trinajstić information content (AvgIpc) is 2.48. The zero-order valence-electron chi connectivity index (χ0n) is 13.8.